The first-order valence-corrected chi connectivity index (χ1v) is 8.33. The topological polar surface area (TPSA) is 76.4 Å². The summed E-state index contributed by atoms with van der Waals surface area (Å²) in [6.07, 6.45) is 3.58. The van der Waals surface area contributed by atoms with Crippen LogP contribution in [-0.4, -0.2) is 28.2 Å². The summed E-state index contributed by atoms with van der Waals surface area (Å²) in [5.74, 6) is -1.92. The molecule has 2 aromatic rings. The van der Waals surface area contributed by atoms with E-state index in [0.29, 0.717) is 5.39 Å². The molecule has 0 bridgehead atoms. The van der Waals surface area contributed by atoms with Crippen LogP contribution in [0.15, 0.2) is 54.4 Å². The second kappa shape index (κ2) is 5.06. The Morgan fingerprint density at radius 3 is 2.70 bits per heavy atom. The summed E-state index contributed by atoms with van der Waals surface area (Å²) in [7, 11) is -4.19. The molecule has 1 aromatic heterocycles. The summed E-state index contributed by atoms with van der Waals surface area (Å²) in [5.41, 5.74) is -0.106. The van der Waals surface area contributed by atoms with Crippen LogP contribution >= 0.6 is 0 Å². The molecule has 1 heterocycles. The van der Waals surface area contributed by atoms with E-state index in [2.05, 4.69) is 0 Å². The van der Waals surface area contributed by atoms with Crippen LogP contribution < -0.4 is 0 Å². The van der Waals surface area contributed by atoms with E-state index in [1.165, 1.54) is 37.3 Å². The average molecular weight is 335 g/mol. The van der Waals surface area contributed by atoms with Gasteiger partial charge in [0.05, 0.1) is 5.52 Å². The summed E-state index contributed by atoms with van der Waals surface area (Å²) in [6, 6.07) is 7.78. The third-order valence-electron chi connectivity index (χ3n) is 3.96. The SMILES string of the molecule is CC1(S(=O)(=O)n2c(C(=O)O)cc3ccccc32)C=CC=C(F)C1. The molecule has 0 saturated carbocycles. The Kier molecular flexibility index (Phi) is 3.40. The van der Waals surface area contributed by atoms with E-state index >= 15 is 0 Å². The number of nitrogens with zero attached hydrogens (tertiary/aromatic N) is 1. The van der Waals surface area contributed by atoms with Crippen molar-refractivity contribution in [2.45, 2.75) is 18.1 Å². The predicted molar refractivity (Wildman–Crippen MR) is 84.6 cm³/mol. The van der Waals surface area contributed by atoms with Crippen LogP contribution in [0.1, 0.15) is 23.8 Å². The molecule has 3 rings (SSSR count). The highest BCUT2D eigenvalue weighted by Gasteiger charge is 2.42. The van der Waals surface area contributed by atoms with Crippen LogP contribution in [0.5, 0.6) is 0 Å². The van der Waals surface area contributed by atoms with Gasteiger partial charge in [0.15, 0.2) is 0 Å². The van der Waals surface area contributed by atoms with Gasteiger partial charge in [-0.05, 0) is 25.1 Å². The third kappa shape index (κ3) is 2.28. The average Bonchev–Trinajstić information content (AvgIpc) is 2.87. The quantitative estimate of drug-likeness (QED) is 0.935. The molecule has 0 aliphatic heterocycles. The number of halogens is 1. The van der Waals surface area contributed by atoms with E-state index in [4.69, 9.17) is 0 Å². The van der Waals surface area contributed by atoms with Crippen LogP contribution in [0.2, 0.25) is 0 Å². The fraction of sp³-hybridized carbons (Fsp3) is 0.188. The van der Waals surface area contributed by atoms with Gasteiger partial charge in [-0.25, -0.2) is 21.6 Å². The van der Waals surface area contributed by atoms with Crippen LogP contribution in [0.3, 0.4) is 0 Å². The minimum Gasteiger partial charge on any atom is -0.477 e. The number of carboxylic acids is 1. The summed E-state index contributed by atoms with van der Waals surface area (Å²) >= 11 is 0. The smallest absolute Gasteiger partial charge is 0.353 e. The summed E-state index contributed by atoms with van der Waals surface area (Å²) < 4.78 is 39.1. The van der Waals surface area contributed by atoms with Gasteiger partial charge in [0.1, 0.15) is 16.3 Å². The Hall–Kier alpha value is -2.41. The van der Waals surface area contributed by atoms with E-state index in [9.17, 15) is 22.7 Å². The van der Waals surface area contributed by atoms with Crippen molar-refractivity contribution >= 4 is 26.9 Å². The van der Waals surface area contributed by atoms with Crippen LogP contribution in [0, 0.1) is 0 Å². The minimum atomic E-state index is -4.19. The number of hydrogen-bond acceptors (Lipinski definition) is 3. The number of carboxylic acid groups (broad SMARTS) is 1. The number of hydrogen-bond donors (Lipinski definition) is 1. The molecule has 120 valence electrons. The first-order chi connectivity index (χ1) is 10.8. The van der Waals surface area contributed by atoms with E-state index in [1.54, 1.807) is 18.2 Å². The first kappa shape index (κ1) is 15.5. The fourth-order valence-electron chi connectivity index (χ4n) is 2.73. The molecule has 1 aromatic carbocycles. The predicted octanol–water partition coefficient (Wildman–Crippen LogP) is 3.09. The molecule has 0 amide bonds. The van der Waals surface area contributed by atoms with Gasteiger partial charge in [-0.15, -0.1) is 0 Å². The maximum atomic E-state index is 13.6. The Bertz CT molecular complexity index is 971. The molecule has 1 atom stereocenters. The first-order valence-electron chi connectivity index (χ1n) is 6.89. The second-order valence-corrected chi connectivity index (χ2v) is 7.87. The van der Waals surface area contributed by atoms with Gasteiger partial charge >= 0.3 is 5.97 Å². The van der Waals surface area contributed by atoms with E-state index in [-0.39, 0.29) is 17.6 Å². The van der Waals surface area contributed by atoms with E-state index < -0.39 is 26.6 Å². The van der Waals surface area contributed by atoms with E-state index in [1.807, 2.05) is 0 Å². The van der Waals surface area contributed by atoms with Gasteiger partial charge in [0, 0.05) is 11.8 Å². The zero-order chi connectivity index (χ0) is 16.8. The highest BCUT2D eigenvalue weighted by molar-refractivity contribution is 7.91. The summed E-state index contributed by atoms with van der Waals surface area (Å²) in [4.78, 5) is 11.5. The standard InChI is InChI=1S/C16H14FNO4S/c1-16(8-4-6-12(17)10-16)23(21,22)18-13-7-3-2-5-11(13)9-14(18)15(19)20/h2-9H,10H2,1H3,(H,19,20). The zero-order valence-electron chi connectivity index (χ0n) is 12.2. The molecule has 0 fully saturated rings. The molecular weight excluding hydrogens is 321 g/mol. The summed E-state index contributed by atoms with van der Waals surface area (Å²) in [6.45, 7) is 1.38. The third-order valence-corrected chi connectivity index (χ3v) is 6.29. The second-order valence-electron chi connectivity index (χ2n) is 5.63. The Labute approximate surface area is 132 Å². The highest BCUT2D eigenvalue weighted by atomic mass is 32.2. The maximum Gasteiger partial charge on any atom is 0.353 e. The van der Waals surface area contributed by atoms with Gasteiger partial charge in [-0.3, -0.25) is 0 Å². The molecule has 1 aliphatic rings. The van der Waals surface area contributed by atoms with Crippen molar-refractivity contribution in [3.63, 3.8) is 0 Å². The molecule has 5 nitrogen and oxygen atoms in total. The minimum absolute atomic E-state index is 0.259. The number of aromatic nitrogens is 1. The normalized spacial score (nSPS) is 21.4. The number of fused-ring (bicyclic) bond motifs is 1. The Morgan fingerprint density at radius 2 is 2.04 bits per heavy atom. The molecule has 0 radical (unpaired) electrons. The van der Waals surface area contributed by atoms with Crippen molar-refractivity contribution in [3.05, 3.63) is 60.1 Å². The largest absolute Gasteiger partial charge is 0.477 e. The molecule has 1 unspecified atom stereocenters. The molecule has 7 heteroatoms. The lowest BCUT2D eigenvalue weighted by molar-refractivity contribution is 0.0689. The van der Waals surface area contributed by atoms with Crippen molar-refractivity contribution in [1.29, 1.82) is 0 Å². The molecule has 0 spiro atoms. The van der Waals surface area contributed by atoms with Crippen molar-refractivity contribution in [1.82, 2.24) is 3.97 Å². The van der Waals surface area contributed by atoms with Crippen LogP contribution in [-0.2, 0) is 10.0 Å². The maximum absolute atomic E-state index is 13.6. The van der Waals surface area contributed by atoms with Gasteiger partial charge in [0.25, 0.3) is 0 Å². The lowest BCUT2D eigenvalue weighted by Gasteiger charge is -2.28. The van der Waals surface area contributed by atoms with Crippen LogP contribution in [0.25, 0.3) is 10.9 Å². The van der Waals surface area contributed by atoms with Crippen molar-refractivity contribution in [3.8, 4) is 0 Å². The van der Waals surface area contributed by atoms with Crippen molar-refractivity contribution < 1.29 is 22.7 Å². The number of para-hydroxylation sites is 1. The van der Waals surface area contributed by atoms with Crippen LogP contribution in [0.4, 0.5) is 4.39 Å². The molecule has 1 N–H and O–H groups in total. The molecule has 23 heavy (non-hydrogen) atoms. The van der Waals surface area contributed by atoms with E-state index in [0.717, 1.165) is 3.97 Å². The highest BCUT2D eigenvalue weighted by Crippen LogP contribution is 2.35. The number of allylic oxidation sites excluding steroid dienone is 3. The molecular formula is C16H14FNO4S. The fourth-order valence-corrected chi connectivity index (χ4v) is 4.54. The van der Waals surface area contributed by atoms with Gasteiger partial charge < -0.3 is 5.11 Å². The Balaban J connectivity index is 2.31. The number of benzene rings is 1. The number of carbonyl (C=O) groups is 1. The van der Waals surface area contributed by atoms with Gasteiger partial charge in [-0.1, -0.05) is 30.4 Å². The van der Waals surface area contributed by atoms with Gasteiger partial charge in [-0.2, -0.15) is 0 Å². The van der Waals surface area contributed by atoms with Crippen molar-refractivity contribution in [2.24, 2.45) is 0 Å². The monoisotopic (exact) mass is 335 g/mol. The summed E-state index contributed by atoms with van der Waals surface area (Å²) in [5, 5.41) is 9.87. The lowest BCUT2D eigenvalue weighted by atomic mass is 10.0. The molecule has 1 aliphatic carbocycles. The Morgan fingerprint density at radius 1 is 1.35 bits per heavy atom. The number of aromatic carboxylic acids is 1. The lowest BCUT2D eigenvalue weighted by Crippen LogP contribution is -2.39. The van der Waals surface area contributed by atoms with Gasteiger partial charge in [0.2, 0.25) is 10.0 Å². The number of rotatable bonds is 3. The zero-order valence-corrected chi connectivity index (χ0v) is 13.0. The molecule has 0 saturated heterocycles. The van der Waals surface area contributed by atoms with Crippen molar-refractivity contribution in [2.75, 3.05) is 0 Å².